The molecule has 0 aliphatic carbocycles. The van der Waals surface area contributed by atoms with E-state index in [4.69, 9.17) is 4.74 Å². The van der Waals surface area contributed by atoms with Crippen molar-refractivity contribution in [2.45, 2.75) is 38.5 Å². The van der Waals surface area contributed by atoms with Crippen LogP contribution < -0.4 is 0 Å². The second-order valence-electron chi connectivity index (χ2n) is 6.96. The Morgan fingerprint density at radius 2 is 2.04 bits per heavy atom. The third kappa shape index (κ3) is 4.50. The quantitative estimate of drug-likeness (QED) is 0.697. The minimum atomic E-state index is -3.08. The molecule has 1 fully saturated rings. The molecule has 2 heterocycles. The highest BCUT2D eigenvalue weighted by molar-refractivity contribution is 7.91. The first-order chi connectivity index (χ1) is 12.8. The van der Waals surface area contributed by atoms with Crippen LogP contribution in [0, 0.1) is 0 Å². The maximum absolute atomic E-state index is 12.4. The second-order valence-corrected chi connectivity index (χ2v) is 9.18. The molecule has 7 nitrogen and oxygen atoms in total. The summed E-state index contributed by atoms with van der Waals surface area (Å²) in [6, 6.07) is 9.52. The van der Waals surface area contributed by atoms with E-state index in [2.05, 4.69) is 0 Å². The summed E-state index contributed by atoms with van der Waals surface area (Å²) >= 11 is 0. The Morgan fingerprint density at radius 1 is 1.30 bits per heavy atom. The Balaban J connectivity index is 1.52. The van der Waals surface area contributed by atoms with Crippen LogP contribution in [0.4, 0.5) is 0 Å². The Bertz CT molecular complexity index is 950. The number of carbonyl (C=O) groups excluding carboxylic acids is 2. The number of carbonyl (C=O) groups is 2. The molecule has 1 saturated heterocycles. The Morgan fingerprint density at radius 3 is 2.74 bits per heavy atom. The number of hydrogen-bond donors (Lipinski definition) is 0. The summed E-state index contributed by atoms with van der Waals surface area (Å²) in [5.74, 6) is -0.775. The number of esters is 1. The molecule has 27 heavy (non-hydrogen) atoms. The van der Waals surface area contributed by atoms with Gasteiger partial charge in [-0.3, -0.25) is 9.59 Å². The molecule has 146 valence electrons. The molecular formula is C19H24N2O5S. The molecule has 2 atom stereocenters. The van der Waals surface area contributed by atoms with Crippen molar-refractivity contribution in [1.29, 1.82) is 0 Å². The van der Waals surface area contributed by atoms with E-state index in [0.717, 1.165) is 10.9 Å². The van der Waals surface area contributed by atoms with Gasteiger partial charge in [-0.1, -0.05) is 18.2 Å². The maximum atomic E-state index is 12.4. The minimum Gasteiger partial charge on any atom is -0.452 e. The lowest BCUT2D eigenvalue weighted by molar-refractivity contribution is -0.159. The SMILES string of the molecule is CC(OC(=O)CCn1ccc2ccccc21)C(=O)N(C)C1CCS(=O)(=O)C1. The van der Waals surface area contributed by atoms with Crippen molar-refractivity contribution in [3.8, 4) is 0 Å². The predicted octanol–water partition coefficient (Wildman–Crippen LogP) is 1.61. The van der Waals surface area contributed by atoms with Crippen molar-refractivity contribution in [3.05, 3.63) is 36.5 Å². The molecule has 1 aromatic carbocycles. The molecule has 0 saturated carbocycles. The Hall–Kier alpha value is -2.35. The number of fused-ring (bicyclic) bond motifs is 1. The van der Waals surface area contributed by atoms with Gasteiger partial charge in [0, 0.05) is 31.3 Å². The summed E-state index contributed by atoms with van der Waals surface area (Å²) in [4.78, 5) is 26.0. The predicted molar refractivity (Wildman–Crippen MR) is 102 cm³/mol. The molecule has 1 aromatic heterocycles. The summed E-state index contributed by atoms with van der Waals surface area (Å²) < 4.78 is 30.4. The van der Waals surface area contributed by atoms with Gasteiger partial charge in [0.2, 0.25) is 0 Å². The van der Waals surface area contributed by atoms with Gasteiger partial charge in [0.05, 0.1) is 17.9 Å². The Kier molecular flexibility index (Phi) is 5.55. The number of sulfone groups is 1. The smallest absolute Gasteiger partial charge is 0.308 e. The first-order valence-corrected chi connectivity index (χ1v) is 10.8. The second kappa shape index (κ2) is 7.72. The number of ether oxygens (including phenoxy) is 1. The van der Waals surface area contributed by atoms with Crippen molar-refractivity contribution in [2.24, 2.45) is 0 Å². The number of aryl methyl sites for hydroxylation is 1. The van der Waals surface area contributed by atoms with Crippen LogP contribution in [0.2, 0.25) is 0 Å². The van der Waals surface area contributed by atoms with E-state index >= 15 is 0 Å². The molecule has 0 spiro atoms. The van der Waals surface area contributed by atoms with Gasteiger partial charge in [0.15, 0.2) is 15.9 Å². The van der Waals surface area contributed by atoms with Crippen molar-refractivity contribution in [1.82, 2.24) is 9.47 Å². The fourth-order valence-electron chi connectivity index (χ4n) is 3.40. The molecule has 0 radical (unpaired) electrons. The Labute approximate surface area is 158 Å². The number of para-hydroxylation sites is 1. The molecular weight excluding hydrogens is 368 g/mol. The maximum Gasteiger partial charge on any atom is 0.308 e. The van der Waals surface area contributed by atoms with Gasteiger partial charge >= 0.3 is 5.97 Å². The van der Waals surface area contributed by atoms with Gasteiger partial charge in [-0.15, -0.1) is 0 Å². The van der Waals surface area contributed by atoms with Crippen LogP contribution in [0.3, 0.4) is 0 Å². The monoisotopic (exact) mass is 392 g/mol. The van der Waals surface area contributed by atoms with Gasteiger partial charge in [-0.05, 0) is 30.9 Å². The standard InChI is InChI=1S/C19H24N2O5S/c1-14(19(23)20(2)16-9-12-27(24,25)13-16)26-18(22)8-11-21-10-7-15-5-3-4-6-17(15)21/h3-7,10,14,16H,8-9,11-13H2,1-2H3. The highest BCUT2D eigenvalue weighted by atomic mass is 32.2. The normalized spacial score (nSPS) is 19.7. The molecule has 8 heteroatoms. The van der Waals surface area contributed by atoms with E-state index in [-0.39, 0.29) is 29.9 Å². The average molecular weight is 392 g/mol. The van der Waals surface area contributed by atoms with E-state index in [1.165, 1.54) is 11.8 Å². The fraction of sp³-hybridized carbons (Fsp3) is 0.474. The van der Waals surface area contributed by atoms with E-state index in [1.807, 2.05) is 41.1 Å². The van der Waals surface area contributed by atoms with E-state index in [9.17, 15) is 18.0 Å². The molecule has 1 aliphatic heterocycles. The molecule has 0 N–H and O–H groups in total. The third-order valence-corrected chi connectivity index (χ3v) is 6.75. The van der Waals surface area contributed by atoms with Crippen molar-refractivity contribution in [2.75, 3.05) is 18.6 Å². The molecule has 2 aromatic rings. The number of amides is 1. The first kappa shape index (κ1) is 19.4. The third-order valence-electron chi connectivity index (χ3n) is 5.00. The van der Waals surface area contributed by atoms with Crippen molar-refractivity contribution < 1.29 is 22.7 Å². The lowest BCUT2D eigenvalue weighted by Gasteiger charge is -2.26. The lowest BCUT2D eigenvalue weighted by atomic mass is 10.2. The molecule has 2 unspecified atom stereocenters. The number of aromatic nitrogens is 1. The van der Waals surface area contributed by atoms with E-state index in [1.54, 1.807) is 7.05 Å². The van der Waals surface area contributed by atoms with Crippen LogP contribution in [0.25, 0.3) is 10.9 Å². The van der Waals surface area contributed by atoms with Crippen LogP contribution in [-0.4, -0.2) is 60.5 Å². The summed E-state index contributed by atoms with van der Waals surface area (Å²) in [7, 11) is -1.52. The first-order valence-electron chi connectivity index (χ1n) is 8.97. The van der Waals surface area contributed by atoms with Crippen LogP contribution in [0.5, 0.6) is 0 Å². The van der Waals surface area contributed by atoms with Crippen LogP contribution in [-0.2, 0) is 30.7 Å². The number of hydrogen-bond acceptors (Lipinski definition) is 5. The number of rotatable bonds is 6. The number of nitrogens with zero attached hydrogens (tertiary/aromatic N) is 2. The number of likely N-dealkylation sites (N-methyl/N-ethyl adjacent to an activating group) is 1. The summed E-state index contributed by atoms with van der Waals surface area (Å²) in [5, 5.41) is 1.10. The zero-order chi connectivity index (χ0) is 19.6. The van der Waals surface area contributed by atoms with Crippen molar-refractivity contribution >= 4 is 32.6 Å². The topological polar surface area (TPSA) is 85.7 Å². The van der Waals surface area contributed by atoms with Crippen LogP contribution >= 0.6 is 0 Å². The molecule has 1 aliphatic rings. The highest BCUT2D eigenvalue weighted by Gasteiger charge is 2.34. The van der Waals surface area contributed by atoms with E-state index in [0.29, 0.717) is 13.0 Å². The molecule has 0 bridgehead atoms. The zero-order valence-electron chi connectivity index (χ0n) is 15.5. The number of benzene rings is 1. The molecule has 3 rings (SSSR count). The van der Waals surface area contributed by atoms with Gasteiger partial charge in [0.25, 0.3) is 5.91 Å². The summed E-state index contributed by atoms with van der Waals surface area (Å²) in [6.07, 6.45) is 1.55. The highest BCUT2D eigenvalue weighted by Crippen LogP contribution is 2.18. The lowest BCUT2D eigenvalue weighted by Crippen LogP contribution is -2.44. The van der Waals surface area contributed by atoms with E-state index < -0.39 is 21.9 Å². The van der Waals surface area contributed by atoms with Gasteiger partial charge in [-0.25, -0.2) is 8.42 Å². The zero-order valence-corrected chi connectivity index (χ0v) is 16.3. The molecule has 1 amide bonds. The van der Waals surface area contributed by atoms with Crippen molar-refractivity contribution in [3.63, 3.8) is 0 Å². The largest absolute Gasteiger partial charge is 0.452 e. The van der Waals surface area contributed by atoms with Crippen LogP contribution in [0.15, 0.2) is 36.5 Å². The minimum absolute atomic E-state index is 0.0311. The van der Waals surface area contributed by atoms with Gasteiger partial charge in [0.1, 0.15) is 0 Å². The van der Waals surface area contributed by atoms with Gasteiger partial charge < -0.3 is 14.2 Å². The fourth-order valence-corrected chi connectivity index (χ4v) is 5.18. The summed E-state index contributed by atoms with van der Waals surface area (Å²) in [6.45, 7) is 1.98. The summed E-state index contributed by atoms with van der Waals surface area (Å²) in [5.41, 5.74) is 1.04. The van der Waals surface area contributed by atoms with Crippen LogP contribution in [0.1, 0.15) is 19.8 Å². The van der Waals surface area contributed by atoms with Gasteiger partial charge in [-0.2, -0.15) is 0 Å². The average Bonchev–Trinajstić information content (AvgIpc) is 3.21.